The second-order valence-electron chi connectivity index (χ2n) is 3.06. The number of benzene rings is 1. The summed E-state index contributed by atoms with van der Waals surface area (Å²) in [5.74, 6) is -0.717. The molecule has 0 atom stereocenters. The minimum Gasteiger partial charge on any atom is -0.398 e. The van der Waals surface area contributed by atoms with Crippen LogP contribution in [0.3, 0.4) is 0 Å². The molecular formula is C10H7F3N2O. The van der Waals surface area contributed by atoms with Gasteiger partial charge in [0, 0.05) is 11.3 Å². The van der Waals surface area contributed by atoms with E-state index in [4.69, 9.17) is 11.0 Å². The van der Waals surface area contributed by atoms with E-state index in [-0.39, 0.29) is 11.3 Å². The van der Waals surface area contributed by atoms with Crippen molar-refractivity contribution in [2.75, 3.05) is 5.73 Å². The Morgan fingerprint density at radius 2 is 2.06 bits per heavy atom. The number of halogens is 3. The van der Waals surface area contributed by atoms with E-state index in [1.807, 2.05) is 0 Å². The monoisotopic (exact) mass is 228 g/mol. The number of nitrogens with two attached hydrogens (primary N) is 1. The van der Waals surface area contributed by atoms with E-state index in [2.05, 4.69) is 0 Å². The van der Waals surface area contributed by atoms with E-state index < -0.39 is 23.9 Å². The largest absolute Gasteiger partial charge is 0.416 e. The maximum Gasteiger partial charge on any atom is 0.416 e. The summed E-state index contributed by atoms with van der Waals surface area (Å²) < 4.78 is 37.0. The molecule has 0 fully saturated rings. The third-order valence-electron chi connectivity index (χ3n) is 1.92. The van der Waals surface area contributed by atoms with Gasteiger partial charge in [0.15, 0.2) is 5.78 Å². The first-order valence-electron chi connectivity index (χ1n) is 4.23. The van der Waals surface area contributed by atoms with Gasteiger partial charge in [-0.05, 0) is 18.2 Å². The van der Waals surface area contributed by atoms with Gasteiger partial charge in [0.25, 0.3) is 0 Å². The van der Waals surface area contributed by atoms with Gasteiger partial charge in [0.05, 0.1) is 18.1 Å². The van der Waals surface area contributed by atoms with Crippen LogP contribution >= 0.6 is 0 Å². The molecule has 0 spiro atoms. The SMILES string of the molecule is N#CCC(=O)c1cc(C(F)(F)F)ccc1N. The van der Waals surface area contributed by atoms with Crippen molar-refractivity contribution >= 4 is 11.5 Å². The maximum absolute atomic E-state index is 12.3. The van der Waals surface area contributed by atoms with Crippen LogP contribution in [0.15, 0.2) is 18.2 Å². The Morgan fingerprint density at radius 1 is 1.44 bits per heavy atom. The lowest BCUT2D eigenvalue weighted by molar-refractivity contribution is -0.137. The van der Waals surface area contributed by atoms with Crippen LogP contribution in [0.25, 0.3) is 0 Å². The Bertz CT molecular complexity index is 460. The molecule has 0 bridgehead atoms. The average molecular weight is 228 g/mol. The lowest BCUT2D eigenvalue weighted by Crippen LogP contribution is -2.09. The number of nitrogens with zero attached hydrogens (tertiary/aromatic N) is 1. The van der Waals surface area contributed by atoms with E-state index >= 15 is 0 Å². The summed E-state index contributed by atoms with van der Waals surface area (Å²) in [5.41, 5.74) is 4.08. The second-order valence-corrected chi connectivity index (χ2v) is 3.06. The molecule has 1 aromatic carbocycles. The summed E-state index contributed by atoms with van der Waals surface area (Å²) in [6.45, 7) is 0. The molecule has 3 nitrogen and oxygen atoms in total. The number of carbonyl (C=O) groups is 1. The molecular weight excluding hydrogens is 221 g/mol. The predicted octanol–water partition coefficient (Wildman–Crippen LogP) is 2.38. The molecule has 84 valence electrons. The zero-order valence-electron chi connectivity index (χ0n) is 8.01. The van der Waals surface area contributed by atoms with Crippen LogP contribution in [0.2, 0.25) is 0 Å². The Labute approximate surface area is 89.3 Å². The summed E-state index contributed by atoms with van der Waals surface area (Å²) in [6, 6.07) is 4.02. The average Bonchev–Trinajstić information content (AvgIpc) is 2.16. The number of anilines is 1. The highest BCUT2D eigenvalue weighted by molar-refractivity contribution is 6.02. The van der Waals surface area contributed by atoms with Crippen LogP contribution in [-0.4, -0.2) is 5.78 Å². The van der Waals surface area contributed by atoms with Crippen LogP contribution in [-0.2, 0) is 6.18 Å². The van der Waals surface area contributed by atoms with Crippen LogP contribution in [0.4, 0.5) is 18.9 Å². The Hall–Kier alpha value is -2.03. The van der Waals surface area contributed by atoms with Crippen molar-refractivity contribution in [2.24, 2.45) is 0 Å². The van der Waals surface area contributed by atoms with Crippen LogP contribution < -0.4 is 5.73 Å². The fraction of sp³-hybridized carbons (Fsp3) is 0.200. The molecule has 6 heteroatoms. The van der Waals surface area contributed by atoms with Crippen molar-refractivity contribution < 1.29 is 18.0 Å². The Balaban J connectivity index is 3.20. The van der Waals surface area contributed by atoms with Crippen LogP contribution in [0.1, 0.15) is 22.3 Å². The molecule has 0 radical (unpaired) electrons. The number of hydrogen-bond acceptors (Lipinski definition) is 3. The van der Waals surface area contributed by atoms with Gasteiger partial charge in [-0.15, -0.1) is 0 Å². The molecule has 0 aliphatic rings. The molecule has 0 aliphatic heterocycles. The van der Waals surface area contributed by atoms with Gasteiger partial charge < -0.3 is 5.73 Å². The predicted molar refractivity (Wildman–Crippen MR) is 50.4 cm³/mol. The number of carbonyl (C=O) groups excluding carboxylic acids is 1. The molecule has 0 aliphatic carbocycles. The van der Waals surface area contributed by atoms with Crippen molar-refractivity contribution in [1.82, 2.24) is 0 Å². The molecule has 1 rings (SSSR count). The van der Waals surface area contributed by atoms with Crippen molar-refractivity contribution in [3.8, 4) is 6.07 Å². The highest BCUT2D eigenvalue weighted by atomic mass is 19.4. The van der Waals surface area contributed by atoms with Gasteiger partial charge in [-0.1, -0.05) is 0 Å². The van der Waals surface area contributed by atoms with Gasteiger partial charge >= 0.3 is 6.18 Å². The van der Waals surface area contributed by atoms with E-state index in [1.165, 1.54) is 0 Å². The summed E-state index contributed by atoms with van der Waals surface area (Å²) >= 11 is 0. The highest BCUT2D eigenvalue weighted by Gasteiger charge is 2.31. The molecule has 2 N–H and O–H groups in total. The van der Waals surface area contributed by atoms with Crippen LogP contribution in [0, 0.1) is 11.3 Å². The molecule has 0 heterocycles. The van der Waals surface area contributed by atoms with Gasteiger partial charge in [-0.2, -0.15) is 18.4 Å². The normalized spacial score (nSPS) is 10.9. The lowest BCUT2D eigenvalue weighted by Gasteiger charge is -2.09. The van der Waals surface area contributed by atoms with E-state index in [0.717, 1.165) is 12.1 Å². The van der Waals surface area contributed by atoms with Crippen molar-refractivity contribution in [3.05, 3.63) is 29.3 Å². The van der Waals surface area contributed by atoms with Crippen molar-refractivity contribution in [2.45, 2.75) is 12.6 Å². The minimum atomic E-state index is -4.53. The quantitative estimate of drug-likeness (QED) is 0.624. The van der Waals surface area contributed by atoms with Crippen molar-refractivity contribution in [3.63, 3.8) is 0 Å². The first-order chi connectivity index (χ1) is 7.36. The smallest absolute Gasteiger partial charge is 0.398 e. The lowest BCUT2D eigenvalue weighted by atomic mass is 10.0. The molecule has 0 saturated carbocycles. The number of nitrogen functional groups attached to an aromatic ring is 1. The number of rotatable bonds is 2. The fourth-order valence-corrected chi connectivity index (χ4v) is 1.14. The molecule has 1 aromatic rings. The number of Topliss-reactive ketones (excluding diaryl/α,β-unsaturated/α-hetero) is 1. The third-order valence-corrected chi connectivity index (χ3v) is 1.92. The minimum absolute atomic E-state index is 0.0618. The first kappa shape index (κ1) is 12.0. The van der Waals surface area contributed by atoms with Crippen molar-refractivity contribution in [1.29, 1.82) is 5.26 Å². The summed E-state index contributed by atoms with van der Waals surface area (Å²) in [7, 11) is 0. The van der Waals surface area contributed by atoms with Gasteiger partial charge in [-0.3, -0.25) is 4.79 Å². The van der Waals surface area contributed by atoms with E-state index in [9.17, 15) is 18.0 Å². The second kappa shape index (κ2) is 4.23. The van der Waals surface area contributed by atoms with Gasteiger partial charge in [0.2, 0.25) is 0 Å². The van der Waals surface area contributed by atoms with E-state index in [1.54, 1.807) is 6.07 Å². The third kappa shape index (κ3) is 2.51. The highest BCUT2D eigenvalue weighted by Crippen LogP contribution is 2.31. The topological polar surface area (TPSA) is 66.9 Å². The summed E-state index contributed by atoms with van der Waals surface area (Å²) in [5, 5.41) is 8.28. The Morgan fingerprint density at radius 3 is 2.56 bits per heavy atom. The van der Waals surface area contributed by atoms with Gasteiger partial charge in [0.1, 0.15) is 0 Å². The summed E-state index contributed by atoms with van der Waals surface area (Å²) in [6.07, 6.45) is -5.03. The molecule has 0 amide bonds. The zero-order valence-corrected chi connectivity index (χ0v) is 8.01. The summed E-state index contributed by atoms with van der Waals surface area (Å²) in [4.78, 5) is 11.3. The number of ketones is 1. The van der Waals surface area contributed by atoms with E-state index in [0.29, 0.717) is 6.07 Å². The fourth-order valence-electron chi connectivity index (χ4n) is 1.14. The molecule has 0 aromatic heterocycles. The van der Waals surface area contributed by atoms with Crippen LogP contribution in [0.5, 0.6) is 0 Å². The van der Waals surface area contributed by atoms with Gasteiger partial charge in [-0.25, -0.2) is 0 Å². The number of hydrogen-bond donors (Lipinski definition) is 1. The molecule has 16 heavy (non-hydrogen) atoms. The standard InChI is InChI=1S/C10H7F3N2O/c11-10(12,13)6-1-2-8(15)7(5-6)9(16)3-4-14/h1-2,5H,3,15H2. The molecule has 0 unspecified atom stereocenters. The number of nitriles is 1. The maximum atomic E-state index is 12.3. The zero-order chi connectivity index (χ0) is 12.3. The first-order valence-corrected chi connectivity index (χ1v) is 4.23. The number of alkyl halides is 3. The Kier molecular flexibility index (Phi) is 3.18. The molecule has 0 saturated heterocycles.